The molecule has 2 aromatic carbocycles. The first-order chi connectivity index (χ1) is 18.4. The third-order valence-corrected chi connectivity index (χ3v) is 8.10. The van der Waals surface area contributed by atoms with Crippen molar-refractivity contribution in [1.82, 2.24) is 20.4 Å². The number of alkyl halides is 3. The highest BCUT2D eigenvalue weighted by atomic mass is 32.2. The summed E-state index contributed by atoms with van der Waals surface area (Å²) in [6, 6.07) is 11.8. The molecular weight excluding hydrogens is 531 g/mol. The lowest BCUT2D eigenvalue weighted by atomic mass is 10.1. The molecule has 2 aliphatic rings. The Labute approximate surface area is 230 Å². The Hall–Kier alpha value is -2.96. The van der Waals surface area contributed by atoms with Crippen LogP contribution in [0.1, 0.15) is 25.8 Å². The van der Waals surface area contributed by atoms with Gasteiger partial charge in [0.25, 0.3) is 0 Å². The number of para-hydroxylation sites is 1. The largest absolute Gasteiger partial charge is 0.465 e. The highest BCUT2D eigenvalue weighted by Crippen LogP contribution is 2.49. The number of nitrogens with zero attached hydrogens (tertiary/aromatic N) is 3. The Morgan fingerprint density at radius 2 is 1.56 bits per heavy atom. The van der Waals surface area contributed by atoms with E-state index < -0.39 is 23.4 Å². The first kappa shape index (κ1) is 29.0. The Kier molecular flexibility index (Phi) is 8.97. The summed E-state index contributed by atoms with van der Waals surface area (Å²) in [5, 5.41) is 13.9. The van der Waals surface area contributed by atoms with Crippen molar-refractivity contribution in [2.45, 2.75) is 41.8 Å². The van der Waals surface area contributed by atoms with Crippen LogP contribution in [0.5, 0.6) is 0 Å². The van der Waals surface area contributed by atoms with Gasteiger partial charge in [0.2, 0.25) is 5.91 Å². The van der Waals surface area contributed by atoms with E-state index in [1.807, 2.05) is 29.2 Å². The number of carboxylic acid groups (broad SMARTS) is 1. The van der Waals surface area contributed by atoms with E-state index in [1.54, 1.807) is 6.07 Å². The monoisotopic (exact) mass is 565 g/mol. The lowest BCUT2D eigenvalue weighted by Crippen LogP contribution is -2.55. The zero-order valence-corrected chi connectivity index (χ0v) is 22.9. The summed E-state index contributed by atoms with van der Waals surface area (Å²) in [7, 11) is 0. The summed E-state index contributed by atoms with van der Waals surface area (Å²) in [5.41, 5.74) is -0.308. The number of carbonyl (C=O) groups is 2. The molecule has 0 spiro atoms. The van der Waals surface area contributed by atoms with E-state index in [0.29, 0.717) is 25.3 Å². The van der Waals surface area contributed by atoms with Gasteiger partial charge in [-0.25, -0.2) is 4.79 Å². The normalized spacial score (nSPS) is 16.4. The maximum absolute atomic E-state index is 13.4. The molecule has 1 fully saturated rings. The van der Waals surface area contributed by atoms with Crippen LogP contribution in [0.25, 0.3) is 0 Å². The highest BCUT2D eigenvalue weighted by molar-refractivity contribution is 7.99. The number of rotatable bonds is 9. The third kappa shape index (κ3) is 7.37. The quantitative estimate of drug-likeness (QED) is 0.413. The molecule has 0 radical (unpaired) electrons. The molecule has 2 aliphatic heterocycles. The average molecular weight is 566 g/mol. The SMILES string of the molecule is CC(C)(NC(=O)O)C(=O)NCCN1CCN(CCCN2c3ccccc3Sc3ccc(C(F)(F)F)cc32)CC1. The third-order valence-electron chi connectivity index (χ3n) is 6.97. The van der Waals surface area contributed by atoms with Crippen molar-refractivity contribution in [3.8, 4) is 0 Å². The molecule has 0 bridgehead atoms. The minimum Gasteiger partial charge on any atom is -0.465 e. The van der Waals surface area contributed by atoms with Gasteiger partial charge in [-0.15, -0.1) is 0 Å². The first-order valence-corrected chi connectivity index (χ1v) is 13.8. The van der Waals surface area contributed by atoms with Crippen LogP contribution < -0.4 is 15.5 Å². The van der Waals surface area contributed by atoms with Crippen molar-refractivity contribution < 1.29 is 27.9 Å². The van der Waals surface area contributed by atoms with Crippen molar-refractivity contribution in [3.05, 3.63) is 48.0 Å². The molecule has 0 atom stereocenters. The first-order valence-electron chi connectivity index (χ1n) is 12.9. The van der Waals surface area contributed by atoms with Crippen LogP contribution in [0.15, 0.2) is 52.3 Å². The fourth-order valence-electron chi connectivity index (χ4n) is 4.81. The van der Waals surface area contributed by atoms with Crippen LogP contribution in [-0.2, 0) is 11.0 Å². The van der Waals surface area contributed by atoms with E-state index in [-0.39, 0.29) is 5.91 Å². The topological polar surface area (TPSA) is 88.1 Å². The number of carbonyl (C=O) groups excluding carboxylic acids is 1. The number of fused-ring (bicyclic) bond motifs is 2. The second-order valence-corrected chi connectivity index (χ2v) is 11.3. The number of hydrogen-bond acceptors (Lipinski definition) is 6. The lowest BCUT2D eigenvalue weighted by molar-refractivity contribution is -0.137. The fourth-order valence-corrected chi connectivity index (χ4v) is 5.88. The minimum atomic E-state index is -4.39. The van der Waals surface area contributed by atoms with E-state index in [2.05, 4.69) is 20.4 Å². The van der Waals surface area contributed by atoms with Crippen LogP contribution in [0, 0.1) is 0 Å². The van der Waals surface area contributed by atoms with Crippen molar-refractivity contribution in [3.63, 3.8) is 0 Å². The standard InChI is InChI=1S/C27H34F3N5O3S/c1-26(2,32-25(37)38)24(36)31-10-13-34-16-14-33(15-17-34)11-5-12-35-20-6-3-4-7-22(20)39-23-9-8-19(18-21(23)35)27(28,29)30/h3-4,6-9,18,32H,5,10-17H2,1-2H3,(H,31,36)(H,37,38). The molecule has 0 aromatic heterocycles. The number of benzene rings is 2. The number of nitrogens with one attached hydrogen (secondary N) is 2. The maximum atomic E-state index is 13.4. The molecule has 3 N–H and O–H groups in total. The van der Waals surface area contributed by atoms with Crippen molar-refractivity contribution in [2.75, 3.05) is 57.3 Å². The number of amides is 2. The van der Waals surface area contributed by atoms with Gasteiger partial charge < -0.3 is 25.5 Å². The predicted molar refractivity (Wildman–Crippen MR) is 145 cm³/mol. The smallest absolute Gasteiger partial charge is 0.416 e. The molecule has 2 amide bonds. The van der Waals surface area contributed by atoms with Gasteiger partial charge in [-0.3, -0.25) is 9.69 Å². The van der Waals surface area contributed by atoms with E-state index >= 15 is 0 Å². The zero-order valence-electron chi connectivity index (χ0n) is 22.1. The molecule has 0 aliphatic carbocycles. The zero-order chi connectivity index (χ0) is 28.2. The molecule has 39 heavy (non-hydrogen) atoms. The van der Waals surface area contributed by atoms with Crippen LogP contribution in [0.4, 0.5) is 29.3 Å². The van der Waals surface area contributed by atoms with Crippen LogP contribution in [-0.4, -0.2) is 84.8 Å². The van der Waals surface area contributed by atoms with Gasteiger partial charge in [0.15, 0.2) is 0 Å². The summed E-state index contributed by atoms with van der Waals surface area (Å²) in [6.45, 7) is 8.98. The van der Waals surface area contributed by atoms with Gasteiger partial charge in [-0.2, -0.15) is 13.2 Å². The minimum absolute atomic E-state index is 0.370. The van der Waals surface area contributed by atoms with Gasteiger partial charge in [0.05, 0.1) is 16.9 Å². The fraction of sp³-hybridized carbons (Fsp3) is 0.481. The van der Waals surface area contributed by atoms with Crippen molar-refractivity contribution >= 4 is 35.1 Å². The predicted octanol–water partition coefficient (Wildman–Crippen LogP) is 4.48. The molecule has 1 saturated heterocycles. The van der Waals surface area contributed by atoms with E-state index in [9.17, 15) is 22.8 Å². The summed E-state index contributed by atoms with van der Waals surface area (Å²) < 4.78 is 40.3. The Morgan fingerprint density at radius 3 is 2.23 bits per heavy atom. The van der Waals surface area contributed by atoms with Crippen LogP contribution >= 0.6 is 11.8 Å². The van der Waals surface area contributed by atoms with Gasteiger partial charge in [-0.05, 0) is 57.1 Å². The Morgan fingerprint density at radius 1 is 0.923 bits per heavy atom. The van der Waals surface area contributed by atoms with E-state index in [0.717, 1.165) is 60.7 Å². The number of anilines is 2. The summed E-state index contributed by atoms with van der Waals surface area (Å²) in [5.74, 6) is -0.370. The molecule has 2 aromatic rings. The van der Waals surface area contributed by atoms with Gasteiger partial charge in [0.1, 0.15) is 5.54 Å². The van der Waals surface area contributed by atoms with Crippen LogP contribution in [0.3, 0.4) is 0 Å². The lowest BCUT2D eigenvalue weighted by Gasteiger charge is -2.36. The van der Waals surface area contributed by atoms with E-state index in [1.165, 1.54) is 31.7 Å². The van der Waals surface area contributed by atoms with Gasteiger partial charge >= 0.3 is 12.3 Å². The molecule has 0 unspecified atom stereocenters. The van der Waals surface area contributed by atoms with Crippen molar-refractivity contribution in [2.24, 2.45) is 0 Å². The second-order valence-electron chi connectivity index (χ2n) is 10.2. The molecule has 0 saturated carbocycles. The Balaban J connectivity index is 1.27. The van der Waals surface area contributed by atoms with E-state index in [4.69, 9.17) is 5.11 Å². The summed E-state index contributed by atoms with van der Waals surface area (Å²) in [6.07, 6.45) is -4.84. The molecule has 4 rings (SSSR count). The number of hydrogen-bond donors (Lipinski definition) is 3. The number of halogens is 3. The Bertz CT molecular complexity index is 1190. The molecular formula is C27H34F3N5O3S. The van der Waals surface area contributed by atoms with Crippen molar-refractivity contribution in [1.29, 1.82) is 0 Å². The molecule has 12 heteroatoms. The maximum Gasteiger partial charge on any atom is 0.416 e. The summed E-state index contributed by atoms with van der Waals surface area (Å²) in [4.78, 5) is 31.6. The van der Waals surface area contributed by atoms with Crippen LogP contribution in [0.2, 0.25) is 0 Å². The molecule has 2 heterocycles. The number of piperazine rings is 1. The molecule has 212 valence electrons. The van der Waals surface area contributed by atoms with Gasteiger partial charge in [-0.1, -0.05) is 23.9 Å². The summed E-state index contributed by atoms with van der Waals surface area (Å²) >= 11 is 1.50. The second kappa shape index (κ2) is 12.1. The highest BCUT2D eigenvalue weighted by Gasteiger charge is 2.33. The molecule has 8 nitrogen and oxygen atoms in total. The van der Waals surface area contributed by atoms with Gasteiger partial charge in [0, 0.05) is 55.6 Å². The average Bonchev–Trinajstić information content (AvgIpc) is 2.87.